The van der Waals surface area contributed by atoms with Crippen LogP contribution >= 0.6 is 11.8 Å². The first-order chi connectivity index (χ1) is 12.0. The lowest BCUT2D eigenvalue weighted by atomic mass is 9.49. The summed E-state index contributed by atoms with van der Waals surface area (Å²) in [4.78, 5) is 12.3. The second-order valence-electron chi connectivity index (χ2n) is 9.73. The fourth-order valence-corrected chi connectivity index (χ4v) is 9.53. The van der Waals surface area contributed by atoms with Crippen molar-refractivity contribution < 1.29 is 9.53 Å². The Bertz CT molecular complexity index is 534. The molecular weight excluding hydrogens is 328 g/mol. The third-order valence-corrected chi connectivity index (χ3v) is 10.8. The van der Waals surface area contributed by atoms with Crippen molar-refractivity contribution in [2.24, 2.45) is 35.0 Å². The van der Waals surface area contributed by atoms with Crippen LogP contribution < -0.4 is 0 Å². The molecule has 0 spiro atoms. The summed E-state index contributed by atoms with van der Waals surface area (Å²) in [5, 5.41) is 0. The van der Waals surface area contributed by atoms with Crippen molar-refractivity contribution in [2.75, 3.05) is 13.4 Å². The number of carbonyl (C=O) groups excluding carboxylic acids is 1. The first-order valence-corrected chi connectivity index (χ1v) is 11.8. The third kappa shape index (κ3) is 2.58. The minimum Gasteiger partial charge on any atom is -0.381 e. The van der Waals surface area contributed by atoms with Gasteiger partial charge in [0.1, 0.15) is 5.78 Å². The first kappa shape index (κ1) is 18.3. The number of hydrogen-bond acceptors (Lipinski definition) is 3. The van der Waals surface area contributed by atoms with E-state index in [0.717, 1.165) is 30.1 Å². The van der Waals surface area contributed by atoms with E-state index in [-0.39, 0.29) is 0 Å². The molecule has 4 aliphatic carbocycles. The summed E-state index contributed by atoms with van der Waals surface area (Å²) in [7, 11) is 1.90. The summed E-state index contributed by atoms with van der Waals surface area (Å²) in [5.41, 5.74) is 0.295. The number of ether oxygens (including phenoxy) is 1. The molecule has 4 rings (SSSR count). The van der Waals surface area contributed by atoms with E-state index in [1.54, 1.807) is 0 Å². The predicted molar refractivity (Wildman–Crippen MR) is 105 cm³/mol. The summed E-state index contributed by atoms with van der Waals surface area (Å²) in [6, 6.07) is 0. The molecule has 0 aliphatic heterocycles. The van der Waals surface area contributed by atoms with Gasteiger partial charge in [-0.25, -0.2) is 0 Å². The zero-order valence-electron chi connectivity index (χ0n) is 16.6. The van der Waals surface area contributed by atoms with Crippen LogP contribution in [0.2, 0.25) is 0 Å². The van der Waals surface area contributed by atoms with Crippen LogP contribution in [-0.4, -0.2) is 30.0 Å². The maximum atomic E-state index is 12.3. The van der Waals surface area contributed by atoms with Crippen LogP contribution in [0.3, 0.4) is 0 Å². The van der Waals surface area contributed by atoms with Gasteiger partial charge in [-0.1, -0.05) is 6.92 Å². The zero-order valence-corrected chi connectivity index (χ0v) is 17.4. The average Bonchev–Trinajstić information content (AvgIpc) is 2.98. The first-order valence-electron chi connectivity index (χ1n) is 10.5. The van der Waals surface area contributed by atoms with Crippen molar-refractivity contribution >= 4 is 17.5 Å². The number of Topliss-reactive ketones (excluding diaryl/α,β-unsaturated/α-hetero) is 1. The highest BCUT2D eigenvalue weighted by atomic mass is 32.2. The lowest BCUT2D eigenvalue weighted by Crippen LogP contribution is -2.57. The Kier molecular flexibility index (Phi) is 4.81. The topological polar surface area (TPSA) is 26.3 Å². The van der Waals surface area contributed by atoms with E-state index in [2.05, 4.69) is 24.9 Å². The fourth-order valence-electron chi connectivity index (χ4n) is 8.07. The summed E-state index contributed by atoms with van der Waals surface area (Å²) >= 11 is 2.19. The van der Waals surface area contributed by atoms with Crippen LogP contribution in [0.15, 0.2) is 0 Å². The number of hydrogen-bond donors (Lipinski definition) is 0. The second kappa shape index (κ2) is 6.55. The summed E-state index contributed by atoms with van der Waals surface area (Å²) in [6.07, 6.45) is 14.6. The summed E-state index contributed by atoms with van der Waals surface area (Å²) in [5.74, 6) is 4.18. The average molecular weight is 365 g/mol. The Labute approximate surface area is 158 Å². The predicted octanol–water partition coefficient (Wildman–Crippen LogP) is 5.34. The van der Waals surface area contributed by atoms with Crippen molar-refractivity contribution in [2.45, 2.75) is 82.5 Å². The van der Waals surface area contributed by atoms with Crippen LogP contribution in [0.1, 0.15) is 71.6 Å². The van der Waals surface area contributed by atoms with Gasteiger partial charge in [0.2, 0.25) is 0 Å². The molecule has 8 unspecified atom stereocenters. The largest absolute Gasteiger partial charge is 0.381 e. The highest BCUT2D eigenvalue weighted by Crippen LogP contribution is 2.67. The molecule has 4 fully saturated rings. The smallest absolute Gasteiger partial charge is 0.133 e. The standard InChI is InChI=1S/C22H36O2S/c1-14(23)18-7-8-19-17-6-5-15-13-16(24-3)9-12-22(15,25-4)20(17)10-11-21(18,19)2/h15-20H,5-13H2,1-4H3. The maximum absolute atomic E-state index is 12.3. The molecule has 0 aromatic heterocycles. The molecule has 2 nitrogen and oxygen atoms in total. The van der Waals surface area contributed by atoms with Gasteiger partial charge < -0.3 is 4.74 Å². The van der Waals surface area contributed by atoms with E-state index in [9.17, 15) is 4.79 Å². The lowest BCUT2D eigenvalue weighted by Gasteiger charge is -2.61. The molecule has 0 amide bonds. The Morgan fingerprint density at radius 3 is 2.52 bits per heavy atom. The normalized spacial score (nSPS) is 52.2. The molecular formula is C22H36O2S. The summed E-state index contributed by atoms with van der Waals surface area (Å²) in [6.45, 7) is 4.31. The molecule has 4 aliphatic rings. The van der Waals surface area contributed by atoms with Crippen molar-refractivity contribution in [3.63, 3.8) is 0 Å². The van der Waals surface area contributed by atoms with Crippen molar-refractivity contribution in [1.29, 1.82) is 0 Å². The molecule has 0 bridgehead atoms. The van der Waals surface area contributed by atoms with Gasteiger partial charge in [0.15, 0.2) is 0 Å². The van der Waals surface area contributed by atoms with Crippen molar-refractivity contribution in [3.05, 3.63) is 0 Å². The molecule has 4 saturated carbocycles. The van der Waals surface area contributed by atoms with Crippen LogP contribution in [0.25, 0.3) is 0 Å². The van der Waals surface area contributed by atoms with Gasteiger partial charge >= 0.3 is 0 Å². The van der Waals surface area contributed by atoms with E-state index in [0.29, 0.717) is 28.0 Å². The quantitative estimate of drug-likeness (QED) is 0.676. The molecule has 0 aromatic carbocycles. The Morgan fingerprint density at radius 2 is 1.84 bits per heavy atom. The maximum Gasteiger partial charge on any atom is 0.133 e. The Morgan fingerprint density at radius 1 is 1.04 bits per heavy atom. The fraction of sp³-hybridized carbons (Fsp3) is 0.955. The van der Waals surface area contributed by atoms with Crippen LogP contribution in [-0.2, 0) is 9.53 Å². The SMILES string of the molecule is COC1CCC2(SC)C(CCC3C4CCC(C(C)=O)C4(C)CCC32)C1. The van der Waals surface area contributed by atoms with Crippen LogP contribution in [0.4, 0.5) is 0 Å². The molecule has 25 heavy (non-hydrogen) atoms. The minimum atomic E-state index is 0.295. The van der Waals surface area contributed by atoms with Crippen LogP contribution in [0.5, 0.6) is 0 Å². The number of thioether (sulfide) groups is 1. The molecule has 8 atom stereocenters. The van der Waals surface area contributed by atoms with Gasteiger partial charge in [0.25, 0.3) is 0 Å². The van der Waals surface area contributed by atoms with Crippen LogP contribution in [0, 0.1) is 35.0 Å². The second-order valence-corrected chi connectivity index (χ2v) is 10.9. The highest BCUT2D eigenvalue weighted by molar-refractivity contribution is 8.00. The van der Waals surface area contributed by atoms with E-state index < -0.39 is 0 Å². The van der Waals surface area contributed by atoms with E-state index in [1.165, 1.54) is 51.4 Å². The number of carbonyl (C=O) groups is 1. The summed E-state index contributed by atoms with van der Waals surface area (Å²) < 4.78 is 6.24. The van der Waals surface area contributed by atoms with Gasteiger partial charge in [0.05, 0.1) is 6.10 Å². The molecule has 0 N–H and O–H groups in total. The van der Waals surface area contributed by atoms with Gasteiger partial charge in [-0.05, 0) is 100 Å². The Balaban J connectivity index is 1.62. The number of ketones is 1. The molecule has 0 heterocycles. The van der Waals surface area contributed by atoms with Gasteiger partial charge in [-0.15, -0.1) is 0 Å². The van der Waals surface area contributed by atoms with Gasteiger partial charge in [-0.2, -0.15) is 11.8 Å². The molecule has 0 radical (unpaired) electrons. The monoisotopic (exact) mass is 364 g/mol. The molecule has 3 heteroatoms. The molecule has 142 valence electrons. The number of methoxy groups -OCH3 is 1. The van der Waals surface area contributed by atoms with E-state index >= 15 is 0 Å². The molecule has 0 aromatic rings. The van der Waals surface area contributed by atoms with Crippen molar-refractivity contribution in [3.8, 4) is 0 Å². The van der Waals surface area contributed by atoms with E-state index in [1.807, 2.05) is 14.0 Å². The Hall–Kier alpha value is -0.0200. The van der Waals surface area contributed by atoms with E-state index in [4.69, 9.17) is 4.74 Å². The number of rotatable bonds is 3. The molecule has 0 saturated heterocycles. The lowest BCUT2D eigenvalue weighted by molar-refractivity contribution is -0.128. The van der Waals surface area contributed by atoms with Gasteiger partial charge in [-0.3, -0.25) is 4.79 Å². The number of fused-ring (bicyclic) bond motifs is 5. The zero-order chi connectivity index (χ0) is 17.8. The van der Waals surface area contributed by atoms with Crippen molar-refractivity contribution in [1.82, 2.24) is 0 Å². The van der Waals surface area contributed by atoms with Gasteiger partial charge in [0, 0.05) is 17.8 Å². The third-order valence-electron chi connectivity index (χ3n) is 9.21. The highest BCUT2D eigenvalue weighted by Gasteiger charge is 2.62. The minimum absolute atomic E-state index is 0.295.